The van der Waals surface area contributed by atoms with Gasteiger partial charge in [-0.2, -0.15) is 0 Å². The van der Waals surface area contributed by atoms with E-state index in [4.69, 9.17) is 16.7 Å². The molecule has 0 amide bonds. The molecule has 0 saturated heterocycles. The molecule has 0 spiro atoms. The molecule has 2 aromatic rings. The molecule has 8 heteroatoms. The second kappa shape index (κ2) is 6.05. The zero-order valence-corrected chi connectivity index (χ0v) is 13.5. The van der Waals surface area contributed by atoms with E-state index >= 15 is 0 Å². The molecule has 21 heavy (non-hydrogen) atoms. The molecule has 5 nitrogen and oxygen atoms in total. The summed E-state index contributed by atoms with van der Waals surface area (Å²) >= 11 is 8.87. The number of carbonyl (C=O) groups is 1. The summed E-state index contributed by atoms with van der Waals surface area (Å²) in [4.78, 5) is 11.2. The van der Waals surface area contributed by atoms with Crippen LogP contribution in [0.3, 0.4) is 0 Å². The molecule has 0 saturated carbocycles. The van der Waals surface area contributed by atoms with Gasteiger partial charge >= 0.3 is 5.97 Å². The lowest BCUT2D eigenvalue weighted by molar-refractivity contribution is 0.0698. The van der Waals surface area contributed by atoms with Crippen LogP contribution in [0.5, 0.6) is 0 Å². The molecule has 2 rings (SSSR count). The van der Waals surface area contributed by atoms with Crippen molar-refractivity contribution in [2.75, 3.05) is 4.72 Å². The van der Waals surface area contributed by atoms with Crippen molar-refractivity contribution in [2.45, 2.75) is 4.90 Å². The van der Waals surface area contributed by atoms with E-state index in [1.165, 1.54) is 24.3 Å². The Kier molecular flexibility index (Phi) is 4.55. The third-order valence-electron chi connectivity index (χ3n) is 2.58. The topological polar surface area (TPSA) is 83.5 Å². The fourth-order valence-corrected chi connectivity index (χ4v) is 3.90. The second-order valence-corrected chi connectivity index (χ2v) is 6.97. The van der Waals surface area contributed by atoms with E-state index in [-0.39, 0.29) is 21.2 Å². The normalized spacial score (nSPS) is 11.1. The maximum atomic E-state index is 12.3. The molecule has 0 bridgehead atoms. The molecule has 0 aromatic heterocycles. The van der Waals surface area contributed by atoms with Crippen molar-refractivity contribution < 1.29 is 18.3 Å². The lowest BCUT2D eigenvalue weighted by atomic mass is 10.2. The first-order chi connectivity index (χ1) is 9.81. The number of hydrogen-bond acceptors (Lipinski definition) is 3. The van der Waals surface area contributed by atoms with Crippen LogP contribution in [0.25, 0.3) is 0 Å². The van der Waals surface area contributed by atoms with Crippen molar-refractivity contribution in [1.29, 1.82) is 0 Å². The van der Waals surface area contributed by atoms with Gasteiger partial charge in [-0.15, -0.1) is 0 Å². The second-order valence-electron chi connectivity index (χ2n) is 4.03. The molecule has 2 N–H and O–H groups in total. The molecule has 110 valence electrons. The van der Waals surface area contributed by atoms with Gasteiger partial charge in [-0.25, -0.2) is 13.2 Å². The van der Waals surface area contributed by atoms with Gasteiger partial charge in [0.05, 0.1) is 11.3 Å². The van der Waals surface area contributed by atoms with Crippen molar-refractivity contribution in [3.8, 4) is 0 Å². The third-order valence-corrected chi connectivity index (χ3v) is 5.20. The number of sulfonamides is 1. The summed E-state index contributed by atoms with van der Waals surface area (Å²) in [6.07, 6.45) is 0. The van der Waals surface area contributed by atoms with E-state index in [0.717, 1.165) is 0 Å². The zero-order chi connectivity index (χ0) is 15.6. The van der Waals surface area contributed by atoms with Crippen LogP contribution in [-0.4, -0.2) is 19.5 Å². The van der Waals surface area contributed by atoms with Crippen LogP contribution in [0.1, 0.15) is 10.4 Å². The van der Waals surface area contributed by atoms with Crippen molar-refractivity contribution in [1.82, 2.24) is 0 Å². The highest BCUT2D eigenvalue weighted by Gasteiger charge is 2.20. The standard InChI is InChI=1S/C13H9BrClNO4S/c14-10-3-1-2-4-12(10)21(19,20)16-11-6-5-8(15)7-9(11)13(17)18/h1-7,16H,(H,17,18). The van der Waals surface area contributed by atoms with Crippen molar-refractivity contribution >= 4 is 49.2 Å². The summed E-state index contributed by atoms with van der Waals surface area (Å²) < 4.78 is 27.3. The molecule has 0 atom stereocenters. The van der Waals surface area contributed by atoms with Gasteiger partial charge in [0.25, 0.3) is 10.0 Å². The average molecular weight is 391 g/mol. The first kappa shape index (κ1) is 15.8. The van der Waals surface area contributed by atoms with Crippen molar-refractivity contribution in [3.63, 3.8) is 0 Å². The van der Waals surface area contributed by atoms with E-state index in [1.54, 1.807) is 18.2 Å². The Bertz CT molecular complexity index is 808. The minimum absolute atomic E-state index is 0.0105. The number of benzene rings is 2. The van der Waals surface area contributed by atoms with E-state index in [1.807, 2.05) is 0 Å². The van der Waals surface area contributed by atoms with Crippen molar-refractivity contribution in [3.05, 3.63) is 57.5 Å². The summed E-state index contributed by atoms with van der Waals surface area (Å²) in [5.74, 6) is -1.28. The van der Waals surface area contributed by atoms with Crippen LogP contribution in [0, 0.1) is 0 Å². The molecule has 2 aromatic carbocycles. The van der Waals surface area contributed by atoms with E-state index in [2.05, 4.69) is 20.7 Å². The molecule has 0 aliphatic rings. The monoisotopic (exact) mass is 389 g/mol. The number of carboxylic acid groups (broad SMARTS) is 1. The van der Waals surface area contributed by atoms with Gasteiger partial charge in [0, 0.05) is 9.50 Å². The van der Waals surface area contributed by atoms with E-state index < -0.39 is 16.0 Å². The number of aromatic carboxylic acids is 1. The summed E-state index contributed by atoms with van der Waals surface area (Å²) in [6, 6.07) is 10.1. The van der Waals surface area contributed by atoms with Gasteiger partial charge in [0.1, 0.15) is 4.90 Å². The Morgan fingerprint density at radius 3 is 2.48 bits per heavy atom. The van der Waals surface area contributed by atoms with Gasteiger partial charge in [-0.3, -0.25) is 4.72 Å². The van der Waals surface area contributed by atoms with E-state index in [0.29, 0.717) is 4.47 Å². The quantitative estimate of drug-likeness (QED) is 0.835. The fraction of sp³-hybridized carbons (Fsp3) is 0. The number of carboxylic acids is 1. The first-order valence-corrected chi connectivity index (χ1v) is 8.27. The predicted octanol–water partition coefficient (Wildman–Crippen LogP) is 3.60. The largest absolute Gasteiger partial charge is 0.478 e. The number of anilines is 1. The molecule has 0 fully saturated rings. The summed E-state index contributed by atoms with van der Waals surface area (Å²) in [7, 11) is -3.92. The number of hydrogen-bond donors (Lipinski definition) is 2. The highest BCUT2D eigenvalue weighted by Crippen LogP contribution is 2.26. The molecule has 0 aliphatic heterocycles. The first-order valence-electron chi connectivity index (χ1n) is 5.61. The number of halogens is 2. The Morgan fingerprint density at radius 1 is 1.19 bits per heavy atom. The Hall–Kier alpha value is -1.57. The van der Waals surface area contributed by atoms with Crippen LogP contribution in [0.15, 0.2) is 51.8 Å². The van der Waals surface area contributed by atoms with Crippen LogP contribution >= 0.6 is 27.5 Å². The molecule has 0 aliphatic carbocycles. The Balaban J connectivity index is 2.47. The van der Waals surface area contributed by atoms with Gasteiger partial charge in [0.2, 0.25) is 0 Å². The maximum absolute atomic E-state index is 12.3. The lowest BCUT2D eigenvalue weighted by Gasteiger charge is -2.11. The summed E-state index contributed by atoms with van der Waals surface area (Å²) in [6.45, 7) is 0. The molecule has 0 unspecified atom stereocenters. The van der Waals surface area contributed by atoms with E-state index in [9.17, 15) is 13.2 Å². The van der Waals surface area contributed by atoms with Crippen LogP contribution in [0.4, 0.5) is 5.69 Å². The average Bonchev–Trinajstić information content (AvgIpc) is 2.40. The number of rotatable bonds is 4. The maximum Gasteiger partial charge on any atom is 0.337 e. The molecular weight excluding hydrogens is 382 g/mol. The van der Waals surface area contributed by atoms with Gasteiger partial charge in [-0.05, 0) is 46.3 Å². The zero-order valence-electron chi connectivity index (χ0n) is 10.4. The number of nitrogens with one attached hydrogen (secondary N) is 1. The van der Waals surface area contributed by atoms with Crippen LogP contribution in [-0.2, 0) is 10.0 Å². The fourth-order valence-electron chi connectivity index (χ4n) is 1.64. The van der Waals surface area contributed by atoms with Gasteiger partial charge in [0.15, 0.2) is 0 Å². The third kappa shape index (κ3) is 3.55. The summed E-state index contributed by atoms with van der Waals surface area (Å²) in [5, 5.41) is 9.31. The smallest absolute Gasteiger partial charge is 0.337 e. The van der Waals surface area contributed by atoms with Crippen molar-refractivity contribution in [2.24, 2.45) is 0 Å². The van der Waals surface area contributed by atoms with Crippen LogP contribution in [0.2, 0.25) is 5.02 Å². The Labute approximate surface area is 134 Å². The van der Waals surface area contributed by atoms with Crippen LogP contribution < -0.4 is 4.72 Å². The minimum atomic E-state index is -3.92. The molecule has 0 heterocycles. The van der Waals surface area contributed by atoms with Gasteiger partial charge in [-0.1, -0.05) is 23.7 Å². The molecule has 0 radical (unpaired) electrons. The van der Waals surface area contributed by atoms with Gasteiger partial charge < -0.3 is 5.11 Å². The summed E-state index contributed by atoms with van der Waals surface area (Å²) in [5.41, 5.74) is -0.277. The minimum Gasteiger partial charge on any atom is -0.478 e. The highest BCUT2D eigenvalue weighted by atomic mass is 79.9. The Morgan fingerprint density at radius 2 is 1.86 bits per heavy atom. The lowest BCUT2D eigenvalue weighted by Crippen LogP contribution is -2.16. The molecular formula is C13H9BrClNO4S. The predicted molar refractivity (Wildman–Crippen MR) is 83.4 cm³/mol. The highest BCUT2D eigenvalue weighted by molar-refractivity contribution is 9.10. The SMILES string of the molecule is O=C(O)c1cc(Cl)ccc1NS(=O)(=O)c1ccccc1Br.